The van der Waals surface area contributed by atoms with Gasteiger partial charge in [-0.25, -0.2) is 0 Å². The summed E-state index contributed by atoms with van der Waals surface area (Å²) in [5.41, 5.74) is 3.23. The fourth-order valence-electron chi connectivity index (χ4n) is 2.81. The van der Waals surface area contributed by atoms with Crippen LogP contribution in [0, 0.1) is 5.92 Å². The third-order valence-electron chi connectivity index (χ3n) is 3.36. The minimum absolute atomic E-state index is 0.514. The molecule has 2 unspecified atom stereocenters. The Kier molecular flexibility index (Phi) is 1.34. The summed E-state index contributed by atoms with van der Waals surface area (Å²) in [5.74, 6) is 0.701. The molecule has 1 saturated carbocycles. The molecule has 1 aliphatic heterocycles. The van der Waals surface area contributed by atoms with Gasteiger partial charge in [0.15, 0.2) is 0 Å². The molecule has 0 aromatic carbocycles. The maximum atomic E-state index is 5.67. The molecule has 0 bridgehead atoms. The van der Waals surface area contributed by atoms with E-state index in [1.54, 1.807) is 11.1 Å². The van der Waals surface area contributed by atoms with Crippen molar-refractivity contribution in [2.75, 3.05) is 0 Å². The lowest BCUT2D eigenvalue weighted by Gasteiger charge is -2.31. The number of hydrogen-bond donors (Lipinski definition) is 0. The highest BCUT2D eigenvalue weighted by Gasteiger charge is 2.37. The summed E-state index contributed by atoms with van der Waals surface area (Å²) in [5, 5.41) is 0. The zero-order valence-electron chi connectivity index (χ0n) is 7.25. The van der Waals surface area contributed by atoms with Gasteiger partial charge in [-0.1, -0.05) is 11.6 Å². The van der Waals surface area contributed by atoms with Crippen molar-refractivity contribution in [3.8, 4) is 0 Å². The monoisotopic (exact) mass is 162 g/mol. The first-order chi connectivity index (χ1) is 5.95. The van der Waals surface area contributed by atoms with Crippen LogP contribution < -0.4 is 0 Å². The van der Waals surface area contributed by atoms with Crippen LogP contribution in [0.4, 0.5) is 0 Å². The zero-order chi connectivity index (χ0) is 7.97. The van der Waals surface area contributed by atoms with Gasteiger partial charge in [-0.2, -0.15) is 0 Å². The second kappa shape index (κ2) is 2.38. The molecule has 1 heterocycles. The van der Waals surface area contributed by atoms with E-state index in [4.69, 9.17) is 4.74 Å². The van der Waals surface area contributed by atoms with E-state index in [-0.39, 0.29) is 0 Å². The molecular formula is C11H14O. The molecule has 0 spiro atoms. The van der Waals surface area contributed by atoms with Crippen LogP contribution in [0.1, 0.15) is 32.1 Å². The van der Waals surface area contributed by atoms with E-state index in [9.17, 15) is 0 Å². The third-order valence-corrected chi connectivity index (χ3v) is 3.36. The SMILES string of the molecule is C1=C2CCC=C3CCCC(O1)C23. The molecule has 0 saturated heterocycles. The van der Waals surface area contributed by atoms with Crippen LogP contribution in [0.3, 0.4) is 0 Å². The maximum Gasteiger partial charge on any atom is 0.108 e. The lowest BCUT2D eigenvalue weighted by atomic mass is 9.74. The largest absolute Gasteiger partial charge is 0.497 e. The summed E-state index contributed by atoms with van der Waals surface area (Å²) in [4.78, 5) is 0. The highest BCUT2D eigenvalue weighted by atomic mass is 16.5. The lowest BCUT2D eigenvalue weighted by molar-refractivity contribution is 0.119. The Morgan fingerprint density at radius 2 is 2.25 bits per heavy atom. The molecular weight excluding hydrogens is 148 g/mol. The van der Waals surface area contributed by atoms with Crippen molar-refractivity contribution in [2.24, 2.45) is 5.92 Å². The number of allylic oxidation sites excluding steroid dienone is 1. The average molecular weight is 162 g/mol. The molecule has 0 radical (unpaired) electrons. The Labute approximate surface area is 73.1 Å². The summed E-state index contributed by atoms with van der Waals surface area (Å²) in [6, 6.07) is 0. The maximum absolute atomic E-state index is 5.67. The van der Waals surface area contributed by atoms with E-state index in [0.29, 0.717) is 12.0 Å². The molecule has 1 fully saturated rings. The summed E-state index contributed by atoms with van der Waals surface area (Å²) < 4.78 is 5.67. The van der Waals surface area contributed by atoms with E-state index >= 15 is 0 Å². The summed E-state index contributed by atoms with van der Waals surface area (Å²) in [6.07, 6.45) is 11.4. The van der Waals surface area contributed by atoms with Crippen LogP contribution in [0.15, 0.2) is 23.5 Å². The van der Waals surface area contributed by atoms with Gasteiger partial charge in [-0.05, 0) is 37.7 Å². The Hall–Kier alpha value is -0.720. The van der Waals surface area contributed by atoms with Gasteiger partial charge < -0.3 is 4.74 Å². The topological polar surface area (TPSA) is 9.23 Å². The van der Waals surface area contributed by atoms with Gasteiger partial charge >= 0.3 is 0 Å². The van der Waals surface area contributed by atoms with Gasteiger partial charge in [0.25, 0.3) is 0 Å². The van der Waals surface area contributed by atoms with E-state index in [0.717, 1.165) is 0 Å². The average Bonchev–Trinajstić information content (AvgIpc) is 2.52. The van der Waals surface area contributed by atoms with Crippen LogP contribution in [0.25, 0.3) is 0 Å². The molecule has 12 heavy (non-hydrogen) atoms. The van der Waals surface area contributed by atoms with Crippen LogP contribution in [-0.2, 0) is 4.74 Å². The van der Waals surface area contributed by atoms with Crippen LogP contribution in [0.5, 0.6) is 0 Å². The molecule has 1 nitrogen and oxygen atoms in total. The van der Waals surface area contributed by atoms with E-state index < -0.39 is 0 Å². The fraction of sp³-hybridized carbons (Fsp3) is 0.636. The Bertz CT molecular complexity index is 262. The molecule has 0 aromatic heterocycles. The highest BCUT2D eigenvalue weighted by molar-refractivity contribution is 5.31. The van der Waals surface area contributed by atoms with Crippen molar-refractivity contribution in [3.63, 3.8) is 0 Å². The molecule has 2 aliphatic carbocycles. The van der Waals surface area contributed by atoms with E-state index in [1.807, 2.05) is 6.26 Å². The lowest BCUT2D eigenvalue weighted by Crippen LogP contribution is -2.26. The minimum Gasteiger partial charge on any atom is -0.497 e. The predicted octanol–water partition coefficient (Wildman–Crippen LogP) is 2.79. The summed E-state index contributed by atoms with van der Waals surface area (Å²) in [6.45, 7) is 0. The Balaban J connectivity index is 2.01. The summed E-state index contributed by atoms with van der Waals surface area (Å²) in [7, 11) is 0. The molecule has 0 amide bonds. The van der Waals surface area contributed by atoms with Crippen molar-refractivity contribution < 1.29 is 4.74 Å². The zero-order valence-corrected chi connectivity index (χ0v) is 7.25. The minimum atomic E-state index is 0.514. The number of rotatable bonds is 0. The van der Waals surface area contributed by atoms with Crippen molar-refractivity contribution in [1.82, 2.24) is 0 Å². The van der Waals surface area contributed by atoms with Gasteiger partial charge in [0, 0.05) is 5.92 Å². The van der Waals surface area contributed by atoms with Gasteiger partial charge in [0.2, 0.25) is 0 Å². The smallest absolute Gasteiger partial charge is 0.108 e. The molecule has 0 N–H and O–H groups in total. The molecule has 3 rings (SSSR count). The first-order valence-electron chi connectivity index (χ1n) is 4.98. The normalized spacial score (nSPS) is 38.0. The van der Waals surface area contributed by atoms with Crippen molar-refractivity contribution in [3.05, 3.63) is 23.5 Å². The van der Waals surface area contributed by atoms with Crippen LogP contribution >= 0.6 is 0 Å². The summed E-state index contributed by atoms with van der Waals surface area (Å²) >= 11 is 0. The molecule has 1 heteroatoms. The van der Waals surface area contributed by atoms with Crippen LogP contribution in [-0.4, -0.2) is 6.10 Å². The van der Waals surface area contributed by atoms with Gasteiger partial charge in [-0.15, -0.1) is 0 Å². The first kappa shape index (κ1) is 6.76. The number of ether oxygens (including phenoxy) is 1. The van der Waals surface area contributed by atoms with Crippen molar-refractivity contribution in [2.45, 2.75) is 38.2 Å². The second-order valence-electron chi connectivity index (χ2n) is 4.05. The first-order valence-corrected chi connectivity index (χ1v) is 4.98. The third kappa shape index (κ3) is 0.796. The van der Waals surface area contributed by atoms with Gasteiger partial charge in [0.05, 0.1) is 6.26 Å². The number of hydrogen-bond acceptors (Lipinski definition) is 1. The quantitative estimate of drug-likeness (QED) is 0.498. The van der Waals surface area contributed by atoms with Crippen LogP contribution in [0.2, 0.25) is 0 Å². The Morgan fingerprint density at radius 3 is 3.25 bits per heavy atom. The van der Waals surface area contributed by atoms with Gasteiger partial charge in [-0.3, -0.25) is 0 Å². The molecule has 3 aliphatic rings. The molecule has 2 atom stereocenters. The van der Waals surface area contributed by atoms with Crippen molar-refractivity contribution >= 4 is 0 Å². The fourth-order valence-corrected chi connectivity index (χ4v) is 2.81. The predicted molar refractivity (Wildman–Crippen MR) is 47.6 cm³/mol. The highest BCUT2D eigenvalue weighted by Crippen LogP contribution is 2.44. The standard InChI is InChI=1S/C11H14O/c1-3-8-4-2-6-10-11(8)9(5-1)7-12-10/h3,7,10-11H,1-2,4-6H2. The van der Waals surface area contributed by atoms with Crippen molar-refractivity contribution in [1.29, 1.82) is 0 Å². The van der Waals surface area contributed by atoms with Gasteiger partial charge in [0.1, 0.15) is 6.10 Å². The second-order valence-corrected chi connectivity index (χ2v) is 4.05. The van der Waals surface area contributed by atoms with E-state index in [2.05, 4.69) is 6.08 Å². The van der Waals surface area contributed by atoms with E-state index in [1.165, 1.54) is 32.1 Å². The Morgan fingerprint density at radius 1 is 1.25 bits per heavy atom. The molecule has 0 aromatic rings. The molecule has 64 valence electrons.